The molecule has 1 amide bonds. The van der Waals surface area contributed by atoms with Crippen molar-refractivity contribution in [3.8, 4) is 0 Å². The maximum Gasteiger partial charge on any atom is 0.225 e. The van der Waals surface area contributed by atoms with E-state index in [1.165, 1.54) is 24.0 Å². The number of carbonyl (C=O) groups is 1. The van der Waals surface area contributed by atoms with Crippen molar-refractivity contribution in [2.45, 2.75) is 64.3 Å². The lowest BCUT2D eigenvalue weighted by molar-refractivity contribution is -0.134. The molecule has 2 fully saturated rings. The Balaban J connectivity index is 0.00000300. The first kappa shape index (κ1) is 24.0. The van der Waals surface area contributed by atoms with Gasteiger partial charge in [-0.05, 0) is 31.7 Å². The number of nitrogens with zero attached hydrogens (tertiary/aromatic N) is 2. The maximum atomic E-state index is 12.6. The van der Waals surface area contributed by atoms with Crippen molar-refractivity contribution in [3.63, 3.8) is 0 Å². The molecule has 0 aromatic heterocycles. The summed E-state index contributed by atoms with van der Waals surface area (Å²) in [5.41, 5.74) is 2.60. The van der Waals surface area contributed by atoms with Crippen molar-refractivity contribution in [2.75, 3.05) is 26.7 Å². The lowest BCUT2D eigenvalue weighted by atomic mass is 9.84. The topological polar surface area (TPSA) is 56.7 Å². The quantitative estimate of drug-likeness (QED) is 0.358. The Labute approximate surface area is 193 Å². The predicted molar refractivity (Wildman–Crippen MR) is 131 cm³/mol. The molecule has 6 heteroatoms. The summed E-state index contributed by atoms with van der Waals surface area (Å²) in [7, 11) is 1.81. The first-order valence-electron chi connectivity index (χ1n) is 10.7. The molecule has 1 saturated carbocycles. The maximum absolute atomic E-state index is 12.6. The van der Waals surface area contributed by atoms with Gasteiger partial charge in [-0.25, -0.2) is 0 Å². The number of aryl methyl sites for hydroxylation is 1. The van der Waals surface area contributed by atoms with E-state index < -0.39 is 0 Å². The highest BCUT2D eigenvalue weighted by molar-refractivity contribution is 14.0. The van der Waals surface area contributed by atoms with Crippen LogP contribution in [0.3, 0.4) is 0 Å². The summed E-state index contributed by atoms with van der Waals surface area (Å²) in [4.78, 5) is 19.1. The highest BCUT2D eigenvalue weighted by atomic mass is 127. The van der Waals surface area contributed by atoms with Crippen LogP contribution in [0.1, 0.15) is 57.1 Å². The molecule has 1 saturated heterocycles. The van der Waals surface area contributed by atoms with Gasteiger partial charge in [-0.3, -0.25) is 9.79 Å². The third-order valence-corrected chi connectivity index (χ3v) is 6.30. The van der Waals surface area contributed by atoms with Gasteiger partial charge >= 0.3 is 0 Å². The molecule has 1 aromatic rings. The Kier molecular flexibility index (Phi) is 8.79. The summed E-state index contributed by atoms with van der Waals surface area (Å²) in [6.07, 6.45) is 5.55. The Morgan fingerprint density at radius 2 is 1.83 bits per heavy atom. The summed E-state index contributed by atoms with van der Waals surface area (Å²) in [6.45, 7) is 9.05. The Bertz CT molecular complexity index is 695. The number of benzene rings is 1. The van der Waals surface area contributed by atoms with Gasteiger partial charge in [0.05, 0.1) is 0 Å². The Morgan fingerprint density at radius 1 is 1.17 bits per heavy atom. The van der Waals surface area contributed by atoms with Crippen molar-refractivity contribution in [1.82, 2.24) is 15.5 Å². The number of likely N-dealkylation sites (tertiary alicyclic amines) is 1. The van der Waals surface area contributed by atoms with Gasteiger partial charge in [0.2, 0.25) is 5.91 Å². The van der Waals surface area contributed by atoms with Gasteiger partial charge in [0, 0.05) is 44.1 Å². The predicted octanol–water partition coefficient (Wildman–Crippen LogP) is 3.85. The fraction of sp³-hybridized carbons (Fsp3) is 0.652. The molecule has 29 heavy (non-hydrogen) atoms. The molecule has 0 radical (unpaired) electrons. The van der Waals surface area contributed by atoms with E-state index in [1.807, 2.05) is 7.05 Å². The highest BCUT2D eigenvalue weighted by Gasteiger charge is 2.32. The number of nitrogens with one attached hydrogen (secondary N) is 2. The summed E-state index contributed by atoms with van der Waals surface area (Å²) in [6, 6.07) is 9.02. The lowest BCUT2D eigenvalue weighted by Gasteiger charge is -2.28. The number of amides is 1. The zero-order valence-corrected chi connectivity index (χ0v) is 20.7. The van der Waals surface area contributed by atoms with E-state index in [9.17, 15) is 4.79 Å². The summed E-state index contributed by atoms with van der Waals surface area (Å²) < 4.78 is 0. The van der Waals surface area contributed by atoms with Crippen molar-refractivity contribution < 1.29 is 4.79 Å². The number of rotatable bonds is 5. The second kappa shape index (κ2) is 10.6. The fourth-order valence-corrected chi connectivity index (χ4v) is 4.31. The van der Waals surface area contributed by atoms with Gasteiger partial charge in [0.15, 0.2) is 5.96 Å². The van der Waals surface area contributed by atoms with E-state index in [-0.39, 0.29) is 41.4 Å². The highest BCUT2D eigenvalue weighted by Crippen LogP contribution is 2.28. The van der Waals surface area contributed by atoms with Crippen LogP contribution < -0.4 is 10.6 Å². The summed E-state index contributed by atoms with van der Waals surface area (Å²) in [5.74, 6) is 1.46. The van der Waals surface area contributed by atoms with E-state index in [0.717, 1.165) is 44.9 Å². The number of hydrogen-bond acceptors (Lipinski definition) is 2. The molecule has 3 rings (SSSR count). The molecule has 2 aliphatic rings. The second-order valence-electron chi connectivity index (χ2n) is 9.07. The van der Waals surface area contributed by atoms with Gasteiger partial charge in [-0.2, -0.15) is 0 Å². The first-order chi connectivity index (χ1) is 13.4. The zero-order chi connectivity index (χ0) is 20.1. The molecule has 1 atom stereocenters. The van der Waals surface area contributed by atoms with Crippen LogP contribution >= 0.6 is 24.0 Å². The molecular weight excluding hydrogens is 475 g/mol. The molecule has 1 aromatic carbocycles. The largest absolute Gasteiger partial charge is 0.356 e. The van der Waals surface area contributed by atoms with Crippen LogP contribution in [0.4, 0.5) is 0 Å². The SMILES string of the molecule is CN=C(NCC(C)(C)c1ccc(C)cc1)NC1CCN(C(=O)C2CCCC2)C1.I. The Hall–Kier alpha value is -1.31. The number of hydrogen-bond donors (Lipinski definition) is 2. The normalized spacial score (nSPS) is 20.5. The third kappa shape index (κ3) is 6.33. The van der Waals surface area contributed by atoms with Crippen molar-refractivity contribution in [3.05, 3.63) is 35.4 Å². The summed E-state index contributed by atoms with van der Waals surface area (Å²) >= 11 is 0. The average Bonchev–Trinajstić information content (AvgIpc) is 3.37. The van der Waals surface area contributed by atoms with Crippen molar-refractivity contribution >= 4 is 35.8 Å². The smallest absolute Gasteiger partial charge is 0.225 e. The van der Waals surface area contributed by atoms with E-state index in [1.54, 1.807) is 0 Å². The first-order valence-corrected chi connectivity index (χ1v) is 10.7. The molecule has 162 valence electrons. The van der Waals surface area contributed by atoms with Crippen LogP contribution in [-0.4, -0.2) is 49.5 Å². The fourth-order valence-electron chi connectivity index (χ4n) is 4.31. The minimum absolute atomic E-state index is 0. The van der Waals surface area contributed by atoms with Gasteiger partial charge in [0.1, 0.15) is 0 Å². The van der Waals surface area contributed by atoms with Gasteiger partial charge in [-0.1, -0.05) is 56.5 Å². The van der Waals surface area contributed by atoms with Gasteiger partial charge in [0.25, 0.3) is 0 Å². The molecule has 5 nitrogen and oxygen atoms in total. The molecule has 1 heterocycles. The molecule has 1 aliphatic carbocycles. The van der Waals surface area contributed by atoms with Crippen molar-refractivity contribution in [1.29, 1.82) is 0 Å². The lowest BCUT2D eigenvalue weighted by Crippen LogP contribution is -2.48. The van der Waals surface area contributed by atoms with Gasteiger partial charge in [-0.15, -0.1) is 24.0 Å². The number of carbonyl (C=O) groups excluding carboxylic acids is 1. The van der Waals surface area contributed by atoms with Crippen LogP contribution in [0.15, 0.2) is 29.3 Å². The Morgan fingerprint density at radius 3 is 2.45 bits per heavy atom. The van der Waals surface area contributed by atoms with Crippen LogP contribution in [0.2, 0.25) is 0 Å². The minimum atomic E-state index is 0. The monoisotopic (exact) mass is 512 g/mol. The molecule has 1 aliphatic heterocycles. The van der Waals surface area contributed by atoms with Crippen molar-refractivity contribution in [2.24, 2.45) is 10.9 Å². The van der Waals surface area contributed by atoms with Crippen LogP contribution in [-0.2, 0) is 10.2 Å². The van der Waals surface area contributed by atoms with E-state index in [2.05, 4.69) is 65.6 Å². The third-order valence-electron chi connectivity index (χ3n) is 6.30. The van der Waals surface area contributed by atoms with E-state index in [4.69, 9.17) is 0 Å². The number of guanidine groups is 1. The van der Waals surface area contributed by atoms with Crippen LogP contribution in [0, 0.1) is 12.8 Å². The molecule has 0 spiro atoms. The molecular formula is C23H37IN4O. The van der Waals surface area contributed by atoms with Gasteiger partial charge < -0.3 is 15.5 Å². The molecule has 2 N–H and O–H groups in total. The van der Waals surface area contributed by atoms with Crippen LogP contribution in [0.25, 0.3) is 0 Å². The minimum Gasteiger partial charge on any atom is -0.356 e. The molecule has 1 unspecified atom stereocenters. The summed E-state index contributed by atoms with van der Waals surface area (Å²) in [5, 5.41) is 7.00. The van der Waals surface area contributed by atoms with Crippen LogP contribution in [0.5, 0.6) is 0 Å². The standard InChI is InChI=1S/C23H36N4O.HI/c1-17-9-11-19(12-10-17)23(2,3)16-25-22(24-4)26-20-13-14-27(15-20)21(28)18-7-5-6-8-18;/h9-12,18,20H,5-8,13-16H2,1-4H3,(H2,24,25,26);1H. The van der Waals surface area contributed by atoms with E-state index >= 15 is 0 Å². The molecule has 0 bridgehead atoms. The average molecular weight is 512 g/mol. The number of halogens is 1. The second-order valence-corrected chi connectivity index (χ2v) is 9.07. The van der Waals surface area contributed by atoms with E-state index in [0.29, 0.717) is 5.91 Å². The number of aliphatic imine (C=N–C) groups is 1. The zero-order valence-electron chi connectivity index (χ0n) is 18.3.